The Labute approximate surface area is 108 Å². The summed E-state index contributed by atoms with van der Waals surface area (Å²) in [5, 5.41) is 11.7. The van der Waals surface area contributed by atoms with Gasteiger partial charge in [0.1, 0.15) is 0 Å². The molecule has 1 amide bonds. The first-order valence-corrected chi connectivity index (χ1v) is 5.02. The summed E-state index contributed by atoms with van der Waals surface area (Å²) in [6, 6.07) is 4.32. The van der Waals surface area contributed by atoms with Crippen molar-refractivity contribution in [2.75, 3.05) is 0 Å². The predicted molar refractivity (Wildman–Crippen MR) is 55.9 cm³/mol. The number of nitro benzene ring substituents is 1. The van der Waals surface area contributed by atoms with E-state index in [0.717, 1.165) is 24.3 Å². The molecule has 20 heavy (non-hydrogen) atoms. The lowest BCUT2D eigenvalue weighted by molar-refractivity contribution is -0.384. The number of hydrogen-bond donors (Lipinski definition) is 1. The lowest BCUT2D eigenvalue weighted by Gasteiger charge is -2.18. The number of alkyl halides is 5. The zero-order chi connectivity index (χ0) is 15.6. The van der Waals surface area contributed by atoms with Crippen LogP contribution in [-0.4, -0.2) is 22.9 Å². The molecule has 1 aromatic carbocycles. The molecule has 0 heterocycles. The number of rotatable bonds is 4. The molecule has 0 saturated heterocycles. The van der Waals surface area contributed by atoms with Gasteiger partial charge in [0.05, 0.1) is 4.92 Å². The number of nitrogens with zero attached hydrogens (tertiary/aromatic N) is 1. The highest BCUT2D eigenvalue weighted by Gasteiger charge is 2.63. The van der Waals surface area contributed by atoms with E-state index in [-0.39, 0.29) is 11.3 Å². The number of non-ortho nitro benzene ring substituents is 1. The number of carbonyl (C=O) groups excluding carboxylic acids is 1. The van der Waals surface area contributed by atoms with Gasteiger partial charge in [-0.3, -0.25) is 14.9 Å². The molecule has 0 aliphatic heterocycles. The zero-order valence-electron chi connectivity index (χ0n) is 9.58. The molecular formula is C10H7F5N2O3. The van der Waals surface area contributed by atoms with Crippen LogP contribution in [0.2, 0.25) is 0 Å². The minimum absolute atomic E-state index is 0.141. The highest BCUT2D eigenvalue weighted by molar-refractivity contribution is 5.84. The van der Waals surface area contributed by atoms with Crippen molar-refractivity contribution in [3.63, 3.8) is 0 Å². The molecule has 0 fully saturated rings. The van der Waals surface area contributed by atoms with Gasteiger partial charge < -0.3 is 5.32 Å². The number of hydrogen-bond acceptors (Lipinski definition) is 3. The van der Waals surface area contributed by atoms with Crippen LogP contribution in [0.5, 0.6) is 0 Å². The summed E-state index contributed by atoms with van der Waals surface area (Å²) in [5.74, 6) is -7.98. The van der Waals surface area contributed by atoms with Crippen LogP contribution >= 0.6 is 0 Å². The fourth-order valence-corrected chi connectivity index (χ4v) is 1.16. The molecule has 0 bridgehead atoms. The molecule has 0 unspecified atom stereocenters. The number of nitrogens with one attached hydrogen (secondary N) is 1. The van der Waals surface area contributed by atoms with Gasteiger partial charge in [-0.25, -0.2) is 0 Å². The maximum Gasteiger partial charge on any atom is 0.463 e. The summed E-state index contributed by atoms with van der Waals surface area (Å²) in [5.41, 5.74) is -0.136. The summed E-state index contributed by atoms with van der Waals surface area (Å²) in [6.45, 7) is -0.609. The van der Waals surface area contributed by atoms with Gasteiger partial charge in [0.15, 0.2) is 0 Å². The van der Waals surface area contributed by atoms with E-state index in [2.05, 4.69) is 0 Å². The van der Waals surface area contributed by atoms with Gasteiger partial charge in [-0.15, -0.1) is 0 Å². The van der Waals surface area contributed by atoms with Gasteiger partial charge in [-0.05, 0) is 5.56 Å². The van der Waals surface area contributed by atoms with Gasteiger partial charge in [-0.2, -0.15) is 22.0 Å². The Morgan fingerprint density at radius 3 is 2.05 bits per heavy atom. The first kappa shape index (κ1) is 15.8. The van der Waals surface area contributed by atoms with Crippen molar-refractivity contribution >= 4 is 11.6 Å². The van der Waals surface area contributed by atoms with Crippen LogP contribution < -0.4 is 5.32 Å². The molecule has 0 aromatic heterocycles. The van der Waals surface area contributed by atoms with Crippen molar-refractivity contribution in [3.8, 4) is 0 Å². The number of carbonyl (C=O) groups is 1. The molecule has 0 aliphatic rings. The number of amides is 1. The fraction of sp³-hybridized carbons (Fsp3) is 0.300. The smallest absolute Gasteiger partial charge is 0.346 e. The number of benzene rings is 1. The quantitative estimate of drug-likeness (QED) is 0.527. The van der Waals surface area contributed by atoms with E-state index in [1.165, 1.54) is 5.32 Å². The van der Waals surface area contributed by atoms with E-state index >= 15 is 0 Å². The van der Waals surface area contributed by atoms with Crippen LogP contribution in [0.15, 0.2) is 24.3 Å². The summed E-state index contributed by atoms with van der Waals surface area (Å²) in [7, 11) is 0. The van der Waals surface area contributed by atoms with Gasteiger partial charge in [0.25, 0.3) is 5.69 Å². The Kier molecular flexibility index (Phi) is 4.26. The Hall–Kier alpha value is -2.26. The molecule has 0 radical (unpaired) electrons. The normalized spacial score (nSPS) is 12.1. The molecule has 0 spiro atoms. The van der Waals surface area contributed by atoms with Crippen molar-refractivity contribution in [2.24, 2.45) is 0 Å². The van der Waals surface area contributed by atoms with Crippen LogP contribution in [-0.2, 0) is 11.3 Å². The second-order valence-corrected chi connectivity index (χ2v) is 3.68. The molecular weight excluding hydrogens is 291 g/mol. The van der Waals surface area contributed by atoms with Gasteiger partial charge >= 0.3 is 18.0 Å². The predicted octanol–water partition coefficient (Wildman–Crippen LogP) is 2.41. The van der Waals surface area contributed by atoms with Crippen LogP contribution in [0.25, 0.3) is 0 Å². The Bertz CT molecular complexity index is 513. The molecule has 1 rings (SSSR count). The topological polar surface area (TPSA) is 72.2 Å². The summed E-state index contributed by atoms with van der Waals surface area (Å²) in [4.78, 5) is 20.4. The standard InChI is InChI=1S/C10H7F5N2O3/c11-9(12,10(13,14)15)8(18)16-5-6-1-3-7(4-2-6)17(19)20/h1-4H,5H2,(H,16,18). The minimum atomic E-state index is -5.98. The minimum Gasteiger partial charge on any atom is -0.346 e. The van der Waals surface area contributed by atoms with E-state index in [4.69, 9.17) is 0 Å². The highest BCUT2D eigenvalue weighted by atomic mass is 19.4. The summed E-state index contributed by atoms with van der Waals surface area (Å²) >= 11 is 0. The Morgan fingerprint density at radius 1 is 1.15 bits per heavy atom. The molecule has 5 nitrogen and oxygen atoms in total. The molecule has 110 valence electrons. The van der Waals surface area contributed by atoms with E-state index in [0.29, 0.717) is 0 Å². The zero-order valence-corrected chi connectivity index (χ0v) is 9.58. The lowest BCUT2D eigenvalue weighted by atomic mass is 10.2. The monoisotopic (exact) mass is 298 g/mol. The van der Waals surface area contributed by atoms with Crippen molar-refractivity contribution in [2.45, 2.75) is 18.6 Å². The van der Waals surface area contributed by atoms with E-state index < -0.39 is 29.5 Å². The third-order valence-electron chi connectivity index (χ3n) is 2.24. The Balaban J connectivity index is 2.68. The molecule has 0 saturated carbocycles. The van der Waals surface area contributed by atoms with Crippen LogP contribution in [0.4, 0.5) is 27.6 Å². The van der Waals surface area contributed by atoms with Crippen LogP contribution in [0.1, 0.15) is 5.56 Å². The first-order valence-electron chi connectivity index (χ1n) is 5.02. The van der Waals surface area contributed by atoms with Crippen molar-refractivity contribution < 1.29 is 31.7 Å². The third kappa shape index (κ3) is 3.39. The van der Waals surface area contributed by atoms with Gasteiger partial charge in [0.2, 0.25) is 0 Å². The number of halogens is 5. The van der Waals surface area contributed by atoms with Crippen LogP contribution in [0, 0.1) is 10.1 Å². The second-order valence-electron chi connectivity index (χ2n) is 3.68. The second kappa shape index (κ2) is 5.39. The Morgan fingerprint density at radius 2 is 1.65 bits per heavy atom. The van der Waals surface area contributed by atoms with Crippen molar-refractivity contribution in [1.29, 1.82) is 0 Å². The molecule has 1 aromatic rings. The average molecular weight is 298 g/mol. The largest absolute Gasteiger partial charge is 0.463 e. The molecule has 0 atom stereocenters. The van der Waals surface area contributed by atoms with E-state index in [1.54, 1.807) is 0 Å². The number of nitro groups is 1. The van der Waals surface area contributed by atoms with Gasteiger partial charge in [0, 0.05) is 18.7 Å². The first-order chi connectivity index (χ1) is 9.05. The van der Waals surface area contributed by atoms with Crippen LogP contribution in [0.3, 0.4) is 0 Å². The van der Waals surface area contributed by atoms with E-state index in [1.807, 2.05) is 0 Å². The molecule has 1 N–H and O–H groups in total. The summed E-state index contributed by atoms with van der Waals surface area (Å²) in [6.07, 6.45) is -5.98. The maximum atomic E-state index is 12.6. The average Bonchev–Trinajstić information content (AvgIpc) is 2.34. The molecule has 0 aliphatic carbocycles. The fourth-order valence-electron chi connectivity index (χ4n) is 1.16. The highest BCUT2D eigenvalue weighted by Crippen LogP contribution is 2.35. The SMILES string of the molecule is O=C(NCc1ccc([N+](=O)[O-])cc1)C(F)(F)C(F)(F)F. The maximum absolute atomic E-state index is 12.6. The van der Waals surface area contributed by atoms with Crippen molar-refractivity contribution in [1.82, 2.24) is 5.32 Å². The van der Waals surface area contributed by atoms with Crippen molar-refractivity contribution in [3.05, 3.63) is 39.9 Å². The van der Waals surface area contributed by atoms with E-state index in [9.17, 15) is 36.9 Å². The van der Waals surface area contributed by atoms with Gasteiger partial charge in [-0.1, -0.05) is 12.1 Å². The summed E-state index contributed by atoms with van der Waals surface area (Å²) < 4.78 is 60.7. The third-order valence-corrected chi connectivity index (χ3v) is 2.24. The lowest BCUT2D eigenvalue weighted by Crippen LogP contribution is -2.50. The molecule has 10 heteroatoms.